The van der Waals surface area contributed by atoms with Crippen LogP contribution < -0.4 is 0 Å². The number of hydrogen-bond acceptors (Lipinski definition) is 9. The van der Waals surface area contributed by atoms with Crippen LogP contribution in [0.2, 0.25) is 0 Å². The molecule has 10 unspecified atom stereocenters. The second-order valence-corrected chi connectivity index (χ2v) is 10.5. The van der Waals surface area contributed by atoms with Gasteiger partial charge in [0.25, 0.3) is 0 Å². The van der Waals surface area contributed by atoms with E-state index in [0.717, 1.165) is 5.57 Å². The molecule has 2 N–H and O–H groups in total. The minimum absolute atomic E-state index is 0.317. The van der Waals surface area contributed by atoms with Crippen LogP contribution in [0.3, 0.4) is 0 Å². The van der Waals surface area contributed by atoms with Gasteiger partial charge in [-0.2, -0.15) is 0 Å². The highest BCUT2D eigenvalue weighted by molar-refractivity contribution is 5.77. The third kappa shape index (κ3) is 3.51. The van der Waals surface area contributed by atoms with E-state index in [-0.39, 0.29) is 6.10 Å². The summed E-state index contributed by atoms with van der Waals surface area (Å²) in [6.45, 7) is 9.63. The number of rotatable bonds is 2. The van der Waals surface area contributed by atoms with Crippen molar-refractivity contribution < 1.29 is 43.5 Å². The highest BCUT2D eigenvalue weighted by atomic mass is 16.6. The van der Waals surface area contributed by atoms with Gasteiger partial charge in [0, 0.05) is 31.6 Å². The van der Waals surface area contributed by atoms with Gasteiger partial charge in [0.1, 0.15) is 17.8 Å². The molecule has 0 aromatic heterocycles. The van der Waals surface area contributed by atoms with Gasteiger partial charge in [-0.15, -0.1) is 0 Å². The largest absolute Gasteiger partial charge is 0.462 e. The molecule has 0 radical (unpaired) electrons. The molecule has 0 amide bonds. The number of epoxide rings is 1. The van der Waals surface area contributed by atoms with Gasteiger partial charge < -0.3 is 29.2 Å². The lowest BCUT2D eigenvalue weighted by atomic mass is 9.53. The van der Waals surface area contributed by atoms with Crippen LogP contribution in [0.25, 0.3) is 0 Å². The van der Waals surface area contributed by atoms with Gasteiger partial charge in [0.05, 0.1) is 23.7 Å². The fourth-order valence-electron chi connectivity index (χ4n) is 6.54. The molecule has 2 saturated heterocycles. The second-order valence-electron chi connectivity index (χ2n) is 10.5. The fourth-order valence-corrected chi connectivity index (χ4v) is 6.54. The number of carbonyl (C=O) groups is 3. The molecule has 2 aliphatic heterocycles. The fraction of sp³-hybridized carbons (Fsp3) is 0.792. The number of hydrogen-bond donors (Lipinski definition) is 2. The third-order valence-corrected chi connectivity index (χ3v) is 8.47. The van der Waals surface area contributed by atoms with Gasteiger partial charge in [-0.05, 0) is 39.7 Å². The Morgan fingerprint density at radius 2 is 1.76 bits per heavy atom. The Labute approximate surface area is 193 Å². The maximum Gasteiger partial charge on any atom is 0.312 e. The monoisotopic (exact) mass is 466 g/mol. The van der Waals surface area contributed by atoms with Crippen molar-refractivity contribution in [1.29, 1.82) is 0 Å². The first-order chi connectivity index (χ1) is 15.3. The van der Waals surface area contributed by atoms with E-state index in [1.54, 1.807) is 6.08 Å². The molecular weight excluding hydrogens is 432 g/mol. The standard InChI is InChI=1S/C24H34O9/c1-11-7-8-15(30-13(3)25)22(5)16(31-14(4)26)10-17-23(6,33-17)19(22)20(27)24(29)12(2)21(28)32-18(24)9-11/h9,12,15-20,27,29H,7-8,10H2,1-6H3. The lowest BCUT2D eigenvalue weighted by molar-refractivity contribution is -0.224. The van der Waals surface area contributed by atoms with E-state index < -0.39 is 70.8 Å². The maximum absolute atomic E-state index is 12.5. The summed E-state index contributed by atoms with van der Waals surface area (Å²) in [5.41, 5.74) is -3.10. The number of esters is 3. The lowest BCUT2D eigenvalue weighted by Gasteiger charge is -2.55. The van der Waals surface area contributed by atoms with Gasteiger partial charge in [-0.25, -0.2) is 0 Å². The van der Waals surface area contributed by atoms with E-state index in [0.29, 0.717) is 19.3 Å². The van der Waals surface area contributed by atoms with E-state index in [2.05, 4.69) is 0 Å². The van der Waals surface area contributed by atoms with Crippen LogP contribution in [-0.2, 0) is 33.3 Å². The summed E-state index contributed by atoms with van der Waals surface area (Å²) in [6.07, 6.45) is -1.41. The Morgan fingerprint density at radius 3 is 2.36 bits per heavy atom. The van der Waals surface area contributed by atoms with E-state index in [9.17, 15) is 24.6 Å². The topological polar surface area (TPSA) is 132 Å². The molecule has 4 aliphatic rings. The molecule has 184 valence electrons. The van der Waals surface area contributed by atoms with Crippen molar-refractivity contribution in [1.82, 2.24) is 0 Å². The predicted molar refractivity (Wildman–Crippen MR) is 114 cm³/mol. The van der Waals surface area contributed by atoms with Gasteiger partial charge in [-0.1, -0.05) is 12.5 Å². The maximum atomic E-state index is 12.5. The van der Waals surface area contributed by atoms with Crippen molar-refractivity contribution in [3.05, 3.63) is 11.6 Å². The molecule has 10 atom stereocenters. The van der Waals surface area contributed by atoms with Crippen LogP contribution >= 0.6 is 0 Å². The summed E-state index contributed by atoms with van der Waals surface area (Å²) in [6, 6.07) is 0. The number of carbonyl (C=O) groups excluding carboxylic acids is 3. The van der Waals surface area contributed by atoms with Crippen molar-refractivity contribution in [3.63, 3.8) is 0 Å². The number of allylic oxidation sites excluding steroid dienone is 1. The van der Waals surface area contributed by atoms with Crippen LogP contribution in [-0.4, -0.2) is 69.8 Å². The molecule has 0 spiro atoms. The van der Waals surface area contributed by atoms with Crippen LogP contribution in [0.4, 0.5) is 0 Å². The number of fused-ring (bicyclic) bond motifs is 4. The van der Waals surface area contributed by atoms with Crippen molar-refractivity contribution in [2.24, 2.45) is 17.3 Å². The highest BCUT2D eigenvalue weighted by Crippen LogP contribution is 2.64. The molecule has 0 aromatic carbocycles. The highest BCUT2D eigenvalue weighted by Gasteiger charge is 2.76. The van der Waals surface area contributed by atoms with E-state index >= 15 is 0 Å². The quantitative estimate of drug-likeness (QED) is 0.268. The number of aliphatic hydroxyl groups excluding tert-OH is 1. The molecule has 0 aromatic rings. The first-order valence-electron chi connectivity index (χ1n) is 11.6. The zero-order chi connectivity index (χ0) is 24.5. The number of aliphatic hydroxyl groups is 2. The molecule has 33 heavy (non-hydrogen) atoms. The molecule has 9 nitrogen and oxygen atoms in total. The van der Waals surface area contributed by atoms with Crippen LogP contribution in [0, 0.1) is 17.3 Å². The molecule has 2 heterocycles. The molecule has 1 saturated carbocycles. The Kier molecular flexibility index (Phi) is 5.70. The van der Waals surface area contributed by atoms with Gasteiger partial charge in [0.2, 0.25) is 0 Å². The summed E-state index contributed by atoms with van der Waals surface area (Å²) in [5, 5.41) is 23.8. The average molecular weight is 467 g/mol. The predicted octanol–water partition coefficient (Wildman–Crippen LogP) is 1.43. The van der Waals surface area contributed by atoms with E-state index in [1.165, 1.54) is 20.8 Å². The van der Waals surface area contributed by atoms with Crippen LogP contribution in [0.1, 0.15) is 60.8 Å². The molecule has 3 fully saturated rings. The first kappa shape index (κ1) is 24.2. The average Bonchev–Trinajstić information content (AvgIpc) is 3.31. The van der Waals surface area contributed by atoms with E-state index in [1.807, 2.05) is 20.8 Å². The zero-order valence-electron chi connectivity index (χ0n) is 20.0. The molecule has 4 rings (SSSR count). The smallest absolute Gasteiger partial charge is 0.312 e. The van der Waals surface area contributed by atoms with Crippen molar-refractivity contribution in [2.75, 3.05) is 0 Å². The van der Waals surface area contributed by atoms with E-state index in [4.69, 9.17) is 18.9 Å². The number of ether oxygens (including phenoxy) is 4. The first-order valence-corrected chi connectivity index (χ1v) is 11.6. The van der Waals surface area contributed by atoms with Gasteiger partial charge >= 0.3 is 17.9 Å². The zero-order valence-corrected chi connectivity index (χ0v) is 20.0. The molecular formula is C24H34O9. The lowest BCUT2D eigenvalue weighted by Crippen LogP contribution is -2.68. The van der Waals surface area contributed by atoms with Crippen molar-refractivity contribution in [2.45, 2.75) is 103 Å². The second kappa shape index (κ2) is 7.78. The van der Waals surface area contributed by atoms with Gasteiger partial charge in [0.15, 0.2) is 6.10 Å². The Hall–Kier alpha value is -1.97. The third-order valence-electron chi connectivity index (χ3n) is 8.47. The van der Waals surface area contributed by atoms with Crippen LogP contribution in [0.15, 0.2) is 11.6 Å². The molecule has 2 aliphatic carbocycles. The molecule has 9 heteroatoms. The van der Waals surface area contributed by atoms with Crippen molar-refractivity contribution >= 4 is 17.9 Å². The summed E-state index contributed by atoms with van der Waals surface area (Å²) in [5.74, 6) is -3.43. The SMILES string of the molecule is CC(=O)OC1CCC(C)=CC2OC(=O)C(C)C2(O)C(O)C2C3(C)OC3CC(OC(C)=O)C12C. The Balaban J connectivity index is 1.92. The normalized spacial score (nSPS) is 48.9. The Bertz CT molecular complexity index is 898. The van der Waals surface area contributed by atoms with Crippen molar-refractivity contribution in [3.8, 4) is 0 Å². The van der Waals surface area contributed by atoms with Gasteiger partial charge in [-0.3, -0.25) is 14.4 Å². The summed E-state index contributed by atoms with van der Waals surface area (Å²) < 4.78 is 23.1. The molecule has 0 bridgehead atoms. The minimum Gasteiger partial charge on any atom is -0.462 e. The minimum atomic E-state index is -1.94. The van der Waals surface area contributed by atoms with Crippen LogP contribution in [0.5, 0.6) is 0 Å². The Morgan fingerprint density at radius 1 is 1.15 bits per heavy atom. The summed E-state index contributed by atoms with van der Waals surface area (Å²) >= 11 is 0. The summed E-state index contributed by atoms with van der Waals surface area (Å²) in [4.78, 5) is 36.7. The summed E-state index contributed by atoms with van der Waals surface area (Å²) in [7, 11) is 0.